The predicted octanol–water partition coefficient (Wildman–Crippen LogP) is 4.61. The first-order chi connectivity index (χ1) is 12.6. The molecule has 0 fully saturated rings. The van der Waals surface area contributed by atoms with E-state index in [1.807, 2.05) is 24.3 Å². The standard InChI is InChI=1S/C18H15ClN2O3S2/c19-12-4-3-5-13(10-12)20-16(22)11-24-17(23)8-9-25-18-21-14-6-1-2-7-15(14)26-18/h1-7,10H,8-9,11H2,(H,20,22). The summed E-state index contributed by atoms with van der Waals surface area (Å²) < 4.78 is 7.02. The Labute approximate surface area is 163 Å². The monoisotopic (exact) mass is 406 g/mol. The molecule has 1 N–H and O–H groups in total. The van der Waals surface area contributed by atoms with E-state index in [2.05, 4.69) is 10.3 Å². The molecule has 0 saturated carbocycles. The number of ether oxygens (including phenoxy) is 1. The van der Waals surface area contributed by atoms with Crippen molar-refractivity contribution in [1.82, 2.24) is 4.98 Å². The Balaban J connectivity index is 1.38. The largest absolute Gasteiger partial charge is 0.456 e. The van der Waals surface area contributed by atoms with E-state index in [4.69, 9.17) is 16.3 Å². The minimum atomic E-state index is -0.417. The van der Waals surface area contributed by atoms with Crippen LogP contribution in [-0.4, -0.2) is 29.2 Å². The summed E-state index contributed by atoms with van der Waals surface area (Å²) in [6.07, 6.45) is 0.213. The van der Waals surface area contributed by atoms with Gasteiger partial charge in [0.2, 0.25) is 0 Å². The van der Waals surface area contributed by atoms with Crippen molar-refractivity contribution in [2.45, 2.75) is 10.8 Å². The van der Waals surface area contributed by atoms with Crippen LogP contribution in [0.25, 0.3) is 10.2 Å². The molecule has 0 aliphatic rings. The van der Waals surface area contributed by atoms with Crippen LogP contribution in [0.1, 0.15) is 6.42 Å². The van der Waals surface area contributed by atoms with Crippen LogP contribution in [0.15, 0.2) is 52.9 Å². The summed E-state index contributed by atoms with van der Waals surface area (Å²) in [6.45, 7) is -0.322. The predicted molar refractivity (Wildman–Crippen MR) is 106 cm³/mol. The summed E-state index contributed by atoms with van der Waals surface area (Å²) in [5.41, 5.74) is 1.52. The summed E-state index contributed by atoms with van der Waals surface area (Å²) in [6, 6.07) is 14.7. The van der Waals surface area contributed by atoms with Gasteiger partial charge in [0.05, 0.1) is 16.6 Å². The Morgan fingerprint density at radius 2 is 2.04 bits per heavy atom. The molecule has 26 heavy (non-hydrogen) atoms. The van der Waals surface area contributed by atoms with E-state index in [-0.39, 0.29) is 13.0 Å². The first kappa shape index (κ1) is 18.7. The number of esters is 1. The molecule has 0 saturated heterocycles. The third-order valence-corrected chi connectivity index (χ3v) is 5.69. The maximum absolute atomic E-state index is 11.8. The average Bonchev–Trinajstić information content (AvgIpc) is 3.03. The minimum absolute atomic E-state index is 0.213. The zero-order chi connectivity index (χ0) is 18.4. The van der Waals surface area contributed by atoms with Gasteiger partial charge in [0, 0.05) is 16.5 Å². The van der Waals surface area contributed by atoms with Crippen molar-refractivity contribution in [1.29, 1.82) is 0 Å². The van der Waals surface area contributed by atoms with E-state index >= 15 is 0 Å². The van der Waals surface area contributed by atoms with E-state index in [1.54, 1.807) is 35.6 Å². The van der Waals surface area contributed by atoms with Crippen LogP contribution in [0, 0.1) is 0 Å². The van der Waals surface area contributed by atoms with Crippen LogP contribution in [0.3, 0.4) is 0 Å². The highest BCUT2D eigenvalue weighted by Crippen LogP contribution is 2.29. The fourth-order valence-corrected chi connectivity index (χ4v) is 4.36. The number of benzene rings is 2. The molecule has 0 unspecified atom stereocenters. The summed E-state index contributed by atoms with van der Waals surface area (Å²) >= 11 is 8.94. The number of carbonyl (C=O) groups is 2. The number of amides is 1. The highest BCUT2D eigenvalue weighted by Gasteiger charge is 2.10. The topological polar surface area (TPSA) is 68.3 Å². The van der Waals surface area contributed by atoms with Crippen LogP contribution in [0.4, 0.5) is 5.69 Å². The second-order valence-corrected chi connectivity index (χ2v) is 8.07. The zero-order valence-corrected chi connectivity index (χ0v) is 16.0. The molecular formula is C18H15ClN2O3S2. The molecule has 0 bridgehead atoms. The molecule has 5 nitrogen and oxygen atoms in total. The van der Waals surface area contributed by atoms with Gasteiger partial charge in [-0.05, 0) is 30.3 Å². The van der Waals surface area contributed by atoms with Gasteiger partial charge in [-0.25, -0.2) is 4.98 Å². The summed E-state index contributed by atoms with van der Waals surface area (Å²) in [4.78, 5) is 28.0. The van der Waals surface area contributed by atoms with Crippen molar-refractivity contribution >= 4 is 62.5 Å². The highest BCUT2D eigenvalue weighted by atomic mass is 35.5. The average molecular weight is 407 g/mol. The van der Waals surface area contributed by atoms with Crippen molar-refractivity contribution in [3.05, 3.63) is 53.6 Å². The minimum Gasteiger partial charge on any atom is -0.456 e. The fraction of sp³-hybridized carbons (Fsp3) is 0.167. The number of carbonyl (C=O) groups excluding carboxylic acids is 2. The Morgan fingerprint density at radius 1 is 1.19 bits per heavy atom. The van der Waals surface area contributed by atoms with E-state index < -0.39 is 11.9 Å². The molecule has 1 aromatic heterocycles. The van der Waals surface area contributed by atoms with Gasteiger partial charge >= 0.3 is 5.97 Å². The first-order valence-corrected chi connectivity index (χ1v) is 9.97. The molecule has 0 spiro atoms. The maximum atomic E-state index is 11.8. The summed E-state index contributed by atoms with van der Waals surface area (Å²) in [7, 11) is 0. The SMILES string of the molecule is O=C(COC(=O)CCSc1nc2ccccc2s1)Nc1cccc(Cl)c1. The van der Waals surface area contributed by atoms with Crippen molar-refractivity contribution in [2.75, 3.05) is 17.7 Å². The normalized spacial score (nSPS) is 10.7. The molecule has 1 amide bonds. The number of aromatic nitrogens is 1. The first-order valence-electron chi connectivity index (χ1n) is 7.79. The van der Waals surface area contributed by atoms with Gasteiger partial charge in [0.1, 0.15) is 0 Å². The van der Waals surface area contributed by atoms with Crippen molar-refractivity contribution in [2.24, 2.45) is 0 Å². The maximum Gasteiger partial charge on any atom is 0.307 e. The summed E-state index contributed by atoms with van der Waals surface area (Å²) in [5.74, 6) is -0.270. The van der Waals surface area contributed by atoms with Crippen molar-refractivity contribution < 1.29 is 14.3 Å². The van der Waals surface area contributed by atoms with Crippen LogP contribution in [0.5, 0.6) is 0 Å². The number of fused-ring (bicyclic) bond motifs is 1. The Bertz CT molecular complexity index is 896. The number of halogens is 1. The molecular weight excluding hydrogens is 392 g/mol. The lowest BCUT2D eigenvalue weighted by Crippen LogP contribution is -2.21. The van der Waals surface area contributed by atoms with Gasteiger partial charge in [0.15, 0.2) is 10.9 Å². The third-order valence-electron chi connectivity index (χ3n) is 3.28. The van der Waals surface area contributed by atoms with Gasteiger partial charge in [-0.15, -0.1) is 11.3 Å². The third kappa shape index (κ3) is 5.45. The van der Waals surface area contributed by atoms with Crippen LogP contribution < -0.4 is 5.32 Å². The van der Waals surface area contributed by atoms with Crippen LogP contribution in [-0.2, 0) is 14.3 Å². The Kier molecular flexibility index (Phi) is 6.49. The highest BCUT2D eigenvalue weighted by molar-refractivity contribution is 8.01. The van der Waals surface area contributed by atoms with Crippen LogP contribution >= 0.6 is 34.7 Å². The van der Waals surface area contributed by atoms with Crippen LogP contribution in [0.2, 0.25) is 5.02 Å². The van der Waals surface area contributed by atoms with Crippen molar-refractivity contribution in [3.8, 4) is 0 Å². The number of nitrogens with zero attached hydrogens (tertiary/aromatic N) is 1. The molecule has 2 aromatic carbocycles. The molecule has 3 rings (SSSR count). The summed E-state index contributed by atoms with van der Waals surface area (Å²) in [5, 5.41) is 3.14. The smallest absolute Gasteiger partial charge is 0.307 e. The lowest BCUT2D eigenvalue weighted by molar-refractivity contribution is -0.146. The lowest BCUT2D eigenvalue weighted by Gasteiger charge is -2.06. The number of nitrogens with one attached hydrogen (secondary N) is 1. The zero-order valence-electron chi connectivity index (χ0n) is 13.6. The Hall–Kier alpha value is -2.09. The molecule has 0 atom stereocenters. The number of thiazole rings is 1. The molecule has 0 radical (unpaired) electrons. The van der Waals surface area contributed by atoms with Gasteiger partial charge in [-0.3, -0.25) is 9.59 Å². The van der Waals surface area contributed by atoms with Gasteiger partial charge in [-0.1, -0.05) is 41.6 Å². The number of para-hydroxylation sites is 1. The molecule has 3 aromatic rings. The fourth-order valence-electron chi connectivity index (χ4n) is 2.12. The molecule has 8 heteroatoms. The number of rotatable bonds is 7. The van der Waals surface area contributed by atoms with Gasteiger partial charge < -0.3 is 10.1 Å². The number of hydrogen-bond acceptors (Lipinski definition) is 6. The van der Waals surface area contributed by atoms with Crippen molar-refractivity contribution in [3.63, 3.8) is 0 Å². The quantitative estimate of drug-likeness (QED) is 0.458. The second-order valence-electron chi connectivity index (χ2n) is 5.27. The van der Waals surface area contributed by atoms with E-state index in [0.717, 1.165) is 14.6 Å². The second kappa shape index (κ2) is 9.02. The number of anilines is 1. The molecule has 134 valence electrons. The molecule has 0 aliphatic heterocycles. The lowest BCUT2D eigenvalue weighted by atomic mass is 10.3. The Morgan fingerprint density at radius 3 is 2.85 bits per heavy atom. The van der Waals surface area contributed by atoms with E-state index in [0.29, 0.717) is 16.5 Å². The number of thioether (sulfide) groups is 1. The van der Waals surface area contributed by atoms with Gasteiger partial charge in [-0.2, -0.15) is 0 Å². The van der Waals surface area contributed by atoms with Gasteiger partial charge in [0.25, 0.3) is 5.91 Å². The van der Waals surface area contributed by atoms with E-state index in [1.165, 1.54) is 11.8 Å². The molecule has 0 aliphatic carbocycles. The number of hydrogen-bond donors (Lipinski definition) is 1. The van der Waals surface area contributed by atoms with E-state index in [9.17, 15) is 9.59 Å². The molecule has 1 heterocycles.